The molecule has 3 aromatic rings. The fraction of sp³-hybridized carbons (Fsp3) is 0.368. The van der Waals surface area contributed by atoms with Gasteiger partial charge in [0.25, 0.3) is 5.56 Å². The highest BCUT2D eigenvalue weighted by molar-refractivity contribution is 5.82. The van der Waals surface area contributed by atoms with Crippen LogP contribution in [0.1, 0.15) is 18.4 Å². The first-order valence-electron chi connectivity index (χ1n) is 8.77. The summed E-state index contributed by atoms with van der Waals surface area (Å²) in [6.45, 7) is 2.53. The molecule has 3 heterocycles. The van der Waals surface area contributed by atoms with Crippen LogP contribution in [0.4, 0.5) is 5.82 Å². The van der Waals surface area contributed by atoms with Crippen LogP contribution >= 0.6 is 0 Å². The van der Waals surface area contributed by atoms with Crippen LogP contribution in [0.15, 0.2) is 47.7 Å². The molecule has 0 spiro atoms. The van der Waals surface area contributed by atoms with Crippen molar-refractivity contribution in [3.8, 4) is 0 Å². The molecule has 1 atom stereocenters. The molecule has 4 rings (SSSR count). The maximum Gasteiger partial charge on any atom is 0.293 e. The molecule has 1 fully saturated rings. The van der Waals surface area contributed by atoms with Crippen molar-refractivity contribution in [2.24, 2.45) is 7.05 Å². The van der Waals surface area contributed by atoms with E-state index in [4.69, 9.17) is 0 Å². The summed E-state index contributed by atoms with van der Waals surface area (Å²) in [5.74, 6) is 0.559. The summed E-state index contributed by atoms with van der Waals surface area (Å²) in [7, 11) is 1.77. The highest BCUT2D eigenvalue weighted by Gasteiger charge is 2.22. The molecule has 6 nitrogen and oxygen atoms in total. The van der Waals surface area contributed by atoms with Crippen LogP contribution in [-0.4, -0.2) is 33.7 Å². The predicted octanol–water partition coefficient (Wildman–Crippen LogP) is 2.02. The Kier molecular flexibility index (Phi) is 4.28. The van der Waals surface area contributed by atoms with Crippen LogP contribution in [0.5, 0.6) is 0 Å². The van der Waals surface area contributed by atoms with E-state index in [0.717, 1.165) is 32.5 Å². The largest absolute Gasteiger partial charge is 0.361 e. The van der Waals surface area contributed by atoms with E-state index in [1.54, 1.807) is 24.0 Å². The zero-order chi connectivity index (χ0) is 17.2. The number of nitrogens with one attached hydrogen (secondary N) is 2. The van der Waals surface area contributed by atoms with Crippen LogP contribution in [0, 0.1) is 0 Å². The maximum absolute atomic E-state index is 12.3. The third-order valence-corrected chi connectivity index (χ3v) is 4.99. The number of aryl methyl sites for hydroxylation is 1. The van der Waals surface area contributed by atoms with Crippen molar-refractivity contribution in [2.75, 3.05) is 18.0 Å². The minimum Gasteiger partial charge on any atom is -0.361 e. The van der Waals surface area contributed by atoms with Crippen molar-refractivity contribution in [2.45, 2.75) is 25.4 Å². The molecule has 0 aliphatic carbocycles. The molecule has 130 valence electrons. The quantitative estimate of drug-likeness (QED) is 0.764. The fourth-order valence-electron chi connectivity index (χ4n) is 3.60. The lowest BCUT2D eigenvalue weighted by atomic mass is 10.0. The van der Waals surface area contributed by atoms with Gasteiger partial charge in [0.05, 0.1) is 0 Å². The topological polar surface area (TPSA) is 66.0 Å². The summed E-state index contributed by atoms with van der Waals surface area (Å²) in [5, 5.41) is 4.93. The van der Waals surface area contributed by atoms with Gasteiger partial charge in [-0.1, -0.05) is 12.1 Å². The number of fused-ring (bicyclic) bond motifs is 1. The van der Waals surface area contributed by atoms with Gasteiger partial charge in [-0.15, -0.1) is 0 Å². The molecular weight excluding hydrogens is 314 g/mol. The second-order valence-electron chi connectivity index (χ2n) is 6.69. The van der Waals surface area contributed by atoms with Crippen LogP contribution in [0.3, 0.4) is 0 Å². The summed E-state index contributed by atoms with van der Waals surface area (Å²) < 4.78 is 1.59. The van der Waals surface area contributed by atoms with E-state index in [1.165, 1.54) is 16.5 Å². The van der Waals surface area contributed by atoms with Gasteiger partial charge in [0, 0.05) is 62.2 Å². The zero-order valence-corrected chi connectivity index (χ0v) is 14.4. The third kappa shape index (κ3) is 3.17. The molecule has 2 N–H and O–H groups in total. The lowest BCUT2D eigenvalue weighted by Gasteiger charge is -2.33. The van der Waals surface area contributed by atoms with Crippen LogP contribution < -0.4 is 15.8 Å². The molecule has 0 amide bonds. The van der Waals surface area contributed by atoms with E-state index in [2.05, 4.69) is 44.5 Å². The average molecular weight is 337 g/mol. The Bertz CT molecular complexity index is 929. The molecule has 1 aliphatic rings. The number of H-pyrrole nitrogens is 1. The van der Waals surface area contributed by atoms with Gasteiger partial charge in [-0.05, 0) is 30.5 Å². The van der Waals surface area contributed by atoms with Gasteiger partial charge in [0.15, 0.2) is 5.82 Å². The smallest absolute Gasteiger partial charge is 0.293 e. The van der Waals surface area contributed by atoms with Gasteiger partial charge in [-0.25, -0.2) is 4.98 Å². The average Bonchev–Trinajstić information content (AvgIpc) is 3.12. The van der Waals surface area contributed by atoms with Gasteiger partial charge < -0.3 is 19.8 Å². The Morgan fingerprint density at radius 3 is 3.20 bits per heavy atom. The second kappa shape index (κ2) is 6.72. The summed E-state index contributed by atoms with van der Waals surface area (Å²) in [6.07, 6.45) is 7.55. The first-order chi connectivity index (χ1) is 12.2. The Morgan fingerprint density at radius 1 is 1.36 bits per heavy atom. The van der Waals surface area contributed by atoms with Crippen molar-refractivity contribution in [3.63, 3.8) is 0 Å². The number of piperidine rings is 1. The molecule has 0 bridgehead atoms. The molecular formula is C19H23N5O. The van der Waals surface area contributed by atoms with Crippen molar-refractivity contribution < 1.29 is 0 Å². The van der Waals surface area contributed by atoms with E-state index >= 15 is 0 Å². The standard InChI is InChI=1S/C19H23N5O/c1-23-11-9-21-18(19(23)25)24-10-3-5-15(13-24)22-12-14-4-2-6-17-16(14)7-8-20-17/h2,4,6-9,11,15,20,22H,3,5,10,12-13H2,1H3/t15-/m0/s1. The first kappa shape index (κ1) is 15.9. The monoisotopic (exact) mass is 337 g/mol. The molecule has 25 heavy (non-hydrogen) atoms. The SMILES string of the molecule is Cn1ccnc(N2CCC[C@H](NCc3cccc4[nH]ccc34)C2)c1=O. The van der Waals surface area contributed by atoms with Crippen LogP contribution in [-0.2, 0) is 13.6 Å². The van der Waals surface area contributed by atoms with E-state index in [9.17, 15) is 4.79 Å². The molecule has 1 aromatic carbocycles. The van der Waals surface area contributed by atoms with E-state index < -0.39 is 0 Å². The Hall–Kier alpha value is -2.60. The summed E-state index contributed by atoms with van der Waals surface area (Å²) in [5.41, 5.74) is 2.44. The van der Waals surface area contributed by atoms with Gasteiger partial charge in [-0.3, -0.25) is 4.79 Å². The Balaban J connectivity index is 1.46. The molecule has 6 heteroatoms. The highest BCUT2D eigenvalue weighted by atomic mass is 16.1. The number of aromatic amines is 1. The Morgan fingerprint density at radius 2 is 2.28 bits per heavy atom. The lowest BCUT2D eigenvalue weighted by molar-refractivity contribution is 0.419. The first-order valence-corrected chi connectivity index (χ1v) is 8.77. The number of benzene rings is 1. The van der Waals surface area contributed by atoms with E-state index in [-0.39, 0.29) is 5.56 Å². The highest BCUT2D eigenvalue weighted by Crippen LogP contribution is 2.19. The summed E-state index contributed by atoms with van der Waals surface area (Å²) in [6, 6.07) is 8.82. The van der Waals surface area contributed by atoms with Crippen molar-refractivity contribution in [3.05, 3.63) is 58.8 Å². The minimum atomic E-state index is -0.0276. The molecule has 1 aliphatic heterocycles. The number of hydrogen-bond donors (Lipinski definition) is 2. The predicted molar refractivity (Wildman–Crippen MR) is 99.9 cm³/mol. The summed E-state index contributed by atoms with van der Waals surface area (Å²) in [4.78, 5) is 22.0. The zero-order valence-electron chi connectivity index (χ0n) is 14.4. The third-order valence-electron chi connectivity index (χ3n) is 4.99. The lowest BCUT2D eigenvalue weighted by Crippen LogP contribution is -2.47. The normalized spacial score (nSPS) is 18.0. The van der Waals surface area contributed by atoms with Gasteiger partial charge in [0.1, 0.15) is 0 Å². The number of aromatic nitrogens is 3. The number of rotatable bonds is 4. The molecule has 0 unspecified atom stereocenters. The number of nitrogens with zero attached hydrogens (tertiary/aromatic N) is 3. The van der Waals surface area contributed by atoms with Crippen molar-refractivity contribution in [1.82, 2.24) is 19.9 Å². The minimum absolute atomic E-state index is 0.0276. The Labute approximate surface area is 146 Å². The molecule has 0 saturated carbocycles. The molecule has 0 radical (unpaired) electrons. The van der Waals surface area contributed by atoms with Crippen molar-refractivity contribution in [1.29, 1.82) is 0 Å². The number of hydrogen-bond acceptors (Lipinski definition) is 4. The van der Waals surface area contributed by atoms with Crippen molar-refractivity contribution >= 4 is 16.7 Å². The molecule has 2 aromatic heterocycles. The maximum atomic E-state index is 12.3. The summed E-state index contributed by atoms with van der Waals surface area (Å²) >= 11 is 0. The van der Waals surface area contributed by atoms with Crippen LogP contribution in [0.25, 0.3) is 10.9 Å². The molecule has 1 saturated heterocycles. The van der Waals surface area contributed by atoms with Gasteiger partial charge >= 0.3 is 0 Å². The van der Waals surface area contributed by atoms with E-state index in [1.807, 2.05) is 6.20 Å². The number of anilines is 1. The van der Waals surface area contributed by atoms with E-state index in [0.29, 0.717) is 11.9 Å². The fourth-order valence-corrected chi connectivity index (χ4v) is 3.60. The van der Waals surface area contributed by atoms with Gasteiger partial charge in [0.2, 0.25) is 0 Å². The van der Waals surface area contributed by atoms with Gasteiger partial charge in [-0.2, -0.15) is 0 Å². The van der Waals surface area contributed by atoms with Crippen LogP contribution in [0.2, 0.25) is 0 Å². The second-order valence-corrected chi connectivity index (χ2v) is 6.69.